The standard InChI is InChI=1S/C12H14FN/c1-8(7-14)10-5-9-3-2-4-12(13)11(9)6-10/h2-4,6,8H,5,7,14H2,1H3. The summed E-state index contributed by atoms with van der Waals surface area (Å²) < 4.78 is 13.4. The molecule has 0 spiro atoms. The summed E-state index contributed by atoms with van der Waals surface area (Å²) >= 11 is 0. The van der Waals surface area contributed by atoms with E-state index in [-0.39, 0.29) is 5.82 Å². The average Bonchev–Trinajstić information content (AvgIpc) is 2.62. The topological polar surface area (TPSA) is 26.0 Å². The van der Waals surface area contributed by atoms with Crippen molar-refractivity contribution in [1.82, 2.24) is 0 Å². The van der Waals surface area contributed by atoms with Crippen molar-refractivity contribution in [1.29, 1.82) is 0 Å². The molecule has 0 fully saturated rings. The molecule has 0 aromatic heterocycles. The van der Waals surface area contributed by atoms with Crippen molar-refractivity contribution >= 4 is 6.08 Å². The fourth-order valence-electron chi connectivity index (χ4n) is 1.82. The molecule has 1 aliphatic carbocycles. The average molecular weight is 191 g/mol. The summed E-state index contributed by atoms with van der Waals surface area (Å²) in [5.41, 5.74) is 8.67. The minimum Gasteiger partial charge on any atom is -0.330 e. The van der Waals surface area contributed by atoms with Crippen LogP contribution in [0.1, 0.15) is 18.1 Å². The van der Waals surface area contributed by atoms with Crippen molar-refractivity contribution in [3.05, 3.63) is 40.7 Å². The predicted octanol–water partition coefficient (Wildman–Crippen LogP) is 2.36. The van der Waals surface area contributed by atoms with E-state index in [1.807, 2.05) is 12.1 Å². The number of halogens is 1. The first-order chi connectivity index (χ1) is 6.72. The van der Waals surface area contributed by atoms with Crippen LogP contribution >= 0.6 is 0 Å². The zero-order valence-electron chi connectivity index (χ0n) is 8.26. The summed E-state index contributed by atoms with van der Waals surface area (Å²) in [6.45, 7) is 2.71. The van der Waals surface area contributed by atoms with E-state index >= 15 is 0 Å². The van der Waals surface area contributed by atoms with Crippen LogP contribution in [0.2, 0.25) is 0 Å². The molecule has 1 nitrogen and oxygen atoms in total. The number of benzene rings is 1. The van der Waals surface area contributed by atoms with Gasteiger partial charge in [0.25, 0.3) is 0 Å². The lowest BCUT2D eigenvalue weighted by molar-refractivity contribution is 0.624. The van der Waals surface area contributed by atoms with Gasteiger partial charge in [-0.2, -0.15) is 0 Å². The SMILES string of the molecule is CC(CN)C1=Cc2c(F)cccc2C1. The number of fused-ring (bicyclic) bond motifs is 1. The van der Waals surface area contributed by atoms with Gasteiger partial charge in [-0.15, -0.1) is 0 Å². The molecule has 1 unspecified atom stereocenters. The van der Waals surface area contributed by atoms with Gasteiger partial charge in [0, 0.05) is 5.56 Å². The zero-order valence-corrected chi connectivity index (χ0v) is 8.26. The lowest BCUT2D eigenvalue weighted by Crippen LogP contribution is -2.12. The Morgan fingerprint density at radius 1 is 1.50 bits per heavy atom. The maximum absolute atomic E-state index is 13.4. The van der Waals surface area contributed by atoms with Crippen LogP contribution in [-0.2, 0) is 6.42 Å². The Balaban J connectivity index is 2.34. The highest BCUT2D eigenvalue weighted by atomic mass is 19.1. The molecule has 2 N–H and O–H groups in total. The van der Waals surface area contributed by atoms with Gasteiger partial charge in [-0.3, -0.25) is 0 Å². The van der Waals surface area contributed by atoms with Crippen LogP contribution in [0.15, 0.2) is 23.8 Å². The van der Waals surface area contributed by atoms with Crippen LogP contribution < -0.4 is 5.73 Å². The van der Waals surface area contributed by atoms with E-state index in [1.165, 1.54) is 11.6 Å². The molecule has 2 heteroatoms. The van der Waals surface area contributed by atoms with Crippen LogP contribution in [0.25, 0.3) is 6.08 Å². The molecule has 1 atom stereocenters. The number of hydrogen-bond acceptors (Lipinski definition) is 1. The molecule has 0 bridgehead atoms. The quantitative estimate of drug-likeness (QED) is 0.763. The monoisotopic (exact) mass is 191 g/mol. The first kappa shape index (κ1) is 9.41. The Labute approximate surface area is 83.4 Å². The summed E-state index contributed by atoms with van der Waals surface area (Å²) in [6, 6.07) is 5.24. The van der Waals surface area contributed by atoms with Gasteiger partial charge in [0.15, 0.2) is 0 Å². The molecule has 0 radical (unpaired) electrons. The van der Waals surface area contributed by atoms with Gasteiger partial charge in [-0.1, -0.05) is 30.7 Å². The zero-order chi connectivity index (χ0) is 10.1. The fourth-order valence-corrected chi connectivity index (χ4v) is 1.82. The van der Waals surface area contributed by atoms with Crippen LogP contribution in [0.5, 0.6) is 0 Å². The summed E-state index contributed by atoms with van der Waals surface area (Å²) in [6.07, 6.45) is 2.80. The molecule has 0 saturated heterocycles. The second kappa shape index (κ2) is 3.54. The molecule has 74 valence electrons. The maximum Gasteiger partial charge on any atom is 0.130 e. The summed E-state index contributed by atoms with van der Waals surface area (Å²) in [5, 5.41) is 0. The van der Waals surface area contributed by atoms with E-state index < -0.39 is 0 Å². The van der Waals surface area contributed by atoms with Gasteiger partial charge < -0.3 is 5.73 Å². The molecule has 1 aliphatic rings. The van der Waals surface area contributed by atoms with Crippen molar-refractivity contribution in [2.24, 2.45) is 11.7 Å². The fraction of sp³-hybridized carbons (Fsp3) is 0.333. The molecule has 1 aromatic carbocycles. The molecule has 2 rings (SSSR count). The van der Waals surface area contributed by atoms with Crippen molar-refractivity contribution in [2.45, 2.75) is 13.3 Å². The van der Waals surface area contributed by atoms with Crippen LogP contribution in [-0.4, -0.2) is 6.54 Å². The molecule has 0 heterocycles. The van der Waals surface area contributed by atoms with E-state index in [4.69, 9.17) is 5.73 Å². The molecular weight excluding hydrogens is 177 g/mol. The summed E-state index contributed by atoms with van der Waals surface area (Å²) in [5.74, 6) is 0.225. The van der Waals surface area contributed by atoms with Gasteiger partial charge in [-0.05, 0) is 30.5 Å². The largest absolute Gasteiger partial charge is 0.330 e. The Bertz CT molecular complexity index is 382. The van der Waals surface area contributed by atoms with Crippen LogP contribution in [0, 0.1) is 11.7 Å². The number of nitrogens with two attached hydrogens (primary N) is 1. The minimum atomic E-state index is -0.123. The van der Waals surface area contributed by atoms with Gasteiger partial charge in [0.2, 0.25) is 0 Å². The van der Waals surface area contributed by atoms with Gasteiger partial charge in [0.05, 0.1) is 0 Å². The third-order valence-corrected chi connectivity index (χ3v) is 2.85. The molecule has 0 aliphatic heterocycles. The molecule has 0 amide bonds. The normalized spacial score (nSPS) is 16.4. The lowest BCUT2D eigenvalue weighted by Gasteiger charge is -2.08. The summed E-state index contributed by atoms with van der Waals surface area (Å²) in [7, 11) is 0. The minimum absolute atomic E-state index is 0.123. The molecular formula is C12H14FN. The van der Waals surface area contributed by atoms with E-state index in [2.05, 4.69) is 6.92 Å². The number of hydrogen-bond donors (Lipinski definition) is 1. The van der Waals surface area contributed by atoms with Crippen molar-refractivity contribution in [3.8, 4) is 0 Å². The van der Waals surface area contributed by atoms with Gasteiger partial charge >= 0.3 is 0 Å². The predicted molar refractivity (Wildman–Crippen MR) is 56.3 cm³/mol. The third kappa shape index (κ3) is 1.46. The van der Waals surface area contributed by atoms with Gasteiger partial charge in [0.1, 0.15) is 5.82 Å². The maximum atomic E-state index is 13.4. The third-order valence-electron chi connectivity index (χ3n) is 2.85. The lowest BCUT2D eigenvalue weighted by atomic mass is 10.00. The highest BCUT2D eigenvalue weighted by Gasteiger charge is 2.18. The second-order valence-electron chi connectivity index (χ2n) is 3.85. The van der Waals surface area contributed by atoms with E-state index in [1.54, 1.807) is 6.07 Å². The van der Waals surface area contributed by atoms with E-state index in [0.717, 1.165) is 17.5 Å². The second-order valence-corrected chi connectivity index (χ2v) is 3.85. The highest BCUT2D eigenvalue weighted by molar-refractivity contribution is 5.64. The number of rotatable bonds is 2. The van der Waals surface area contributed by atoms with Crippen molar-refractivity contribution in [2.75, 3.05) is 6.54 Å². The van der Waals surface area contributed by atoms with Crippen LogP contribution in [0.3, 0.4) is 0 Å². The van der Waals surface area contributed by atoms with Crippen molar-refractivity contribution < 1.29 is 4.39 Å². The summed E-state index contributed by atoms with van der Waals surface area (Å²) in [4.78, 5) is 0. The van der Waals surface area contributed by atoms with Crippen molar-refractivity contribution in [3.63, 3.8) is 0 Å². The Hall–Kier alpha value is -1.15. The molecule has 0 saturated carbocycles. The van der Waals surface area contributed by atoms with E-state index in [0.29, 0.717) is 12.5 Å². The Morgan fingerprint density at radius 3 is 2.93 bits per heavy atom. The Morgan fingerprint density at radius 2 is 2.29 bits per heavy atom. The first-order valence-electron chi connectivity index (χ1n) is 4.90. The molecule has 14 heavy (non-hydrogen) atoms. The van der Waals surface area contributed by atoms with Crippen LogP contribution in [0.4, 0.5) is 4.39 Å². The first-order valence-corrected chi connectivity index (χ1v) is 4.90. The Kier molecular flexibility index (Phi) is 2.38. The van der Waals surface area contributed by atoms with E-state index in [9.17, 15) is 4.39 Å². The molecule has 1 aromatic rings. The van der Waals surface area contributed by atoms with Gasteiger partial charge in [-0.25, -0.2) is 4.39 Å². The highest BCUT2D eigenvalue weighted by Crippen LogP contribution is 2.30. The smallest absolute Gasteiger partial charge is 0.130 e.